The zero-order valence-corrected chi connectivity index (χ0v) is 21.5. The van der Waals surface area contributed by atoms with Gasteiger partial charge in [0.2, 0.25) is 11.7 Å². The van der Waals surface area contributed by atoms with Crippen molar-refractivity contribution in [2.75, 3.05) is 41.0 Å². The Labute approximate surface area is 210 Å². The van der Waals surface area contributed by atoms with Crippen molar-refractivity contribution in [2.24, 2.45) is 11.8 Å². The lowest BCUT2D eigenvalue weighted by Crippen LogP contribution is -2.37. The van der Waals surface area contributed by atoms with Crippen LogP contribution in [0.2, 0.25) is 10.0 Å². The molecular weight excluding hydrogens is 479 g/mol. The summed E-state index contributed by atoms with van der Waals surface area (Å²) in [7, 11) is 4.62. The first-order chi connectivity index (χ1) is 16.2. The maximum Gasteiger partial charge on any atom is 0.255 e. The maximum atomic E-state index is 13.3. The van der Waals surface area contributed by atoms with Crippen molar-refractivity contribution in [3.8, 4) is 17.2 Å². The molecule has 2 amide bonds. The van der Waals surface area contributed by atoms with Crippen molar-refractivity contribution in [1.29, 1.82) is 0 Å². The molecule has 2 aromatic rings. The zero-order chi connectivity index (χ0) is 25.0. The van der Waals surface area contributed by atoms with Crippen LogP contribution in [-0.2, 0) is 4.79 Å². The molecule has 0 saturated carbocycles. The third-order valence-corrected chi connectivity index (χ3v) is 6.45. The predicted octanol–water partition coefficient (Wildman–Crippen LogP) is 4.65. The van der Waals surface area contributed by atoms with Crippen molar-refractivity contribution < 1.29 is 23.8 Å². The number of hydrogen-bond donors (Lipinski definition) is 1. The van der Waals surface area contributed by atoms with Crippen LogP contribution in [-0.4, -0.2) is 57.7 Å². The third kappa shape index (κ3) is 5.53. The van der Waals surface area contributed by atoms with E-state index < -0.39 is 5.92 Å². The molecule has 0 bridgehead atoms. The normalized spacial score (nSPS) is 17.6. The van der Waals surface area contributed by atoms with Crippen molar-refractivity contribution in [1.82, 2.24) is 10.2 Å². The molecule has 9 heteroatoms. The molecule has 1 N–H and O–H groups in total. The second kappa shape index (κ2) is 11.2. The number of rotatable bonds is 8. The van der Waals surface area contributed by atoms with Crippen LogP contribution in [0, 0.1) is 11.8 Å². The van der Waals surface area contributed by atoms with E-state index in [9.17, 15) is 9.59 Å². The van der Waals surface area contributed by atoms with Gasteiger partial charge < -0.3 is 24.4 Å². The van der Waals surface area contributed by atoms with E-state index in [-0.39, 0.29) is 29.3 Å². The number of halogens is 2. The molecule has 0 radical (unpaired) electrons. The summed E-state index contributed by atoms with van der Waals surface area (Å²) in [6, 6.07) is 8.43. The number of hydrogen-bond acceptors (Lipinski definition) is 5. The number of benzene rings is 2. The maximum absolute atomic E-state index is 13.3. The Morgan fingerprint density at radius 3 is 2.21 bits per heavy atom. The van der Waals surface area contributed by atoms with E-state index in [1.54, 1.807) is 31.3 Å². The first kappa shape index (κ1) is 26.0. The number of nitrogens with one attached hydrogen (secondary N) is 1. The van der Waals surface area contributed by atoms with Crippen LogP contribution in [0.1, 0.15) is 35.7 Å². The van der Waals surface area contributed by atoms with E-state index in [1.165, 1.54) is 13.2 Å². The number of ether oxygens (including phenoxy) is 3. The Balaban J connectivity index is 1.99. The van der Waals surface area contributed by atoms with Gasteiger partial charge in [-0.05, 0) is 41.8 Å². The van der Waals surface area contributed by atoms with Gasteiger partial charge in [-0.1, -0.05) is 37.0 Å². The van der Waals surface area contributed by atoms with E-state index in [4.69, 9.17) is 37.4 Å². The number of amides is 2. The van der Waals surface area contributed by atoms with Gasteiger partial charge in [-0.25, -0.2) is 0 Å². The average Bonchev–Trinajstić information content (AvgIpc) is 3.26. The van der Waals surface area contributed by atoms with Gasteiger partial charge in [0.05, 0.1) is 37.8 Å². The van der Waals surface area contributed by atoms with Crippen LogP contribution in [0.3, 0.4) is 0 Å². The fourth-order valence-corrected chi connectivity index (χ4v) is 4.65. The number of methoxy groups -OCH3 is 3. The van der Waals surface area contributed by atoms with E-state index >= 15 is 0 Å². The molecule has 0 unspecified atom stereocenters. The molecule has 0 aliphatic carbocycles. The minimum atomic E-state index is -0.461. The monoisotopic (exact) mass is 508 g/mol. The van der Waals surface area contributed by atoms with Gasteiger partial charge in [0.15, 0.2) is 11.5 Å². The Morgan fingerprint density at radius 1 is 1.03 bits per heavy atom. The summed E-state index contributed by atoms with van der Waals surface area (Å²) in [5.41, 5.74) is 1.16. The Morgan fingerprint density at radius 2 is 1.68 bits per heavy atom. The molecule has 2 atom stereocenters. The van der Waals surface area contributed by atoms with Gasteiger partial charge in [-0.15, -0.1) is 0 Å². The van der Waals surface area contributed by atoms with Crippen LogP contribution in [0.5, 0.6) is 17.2 Å². The number of carbonyl (C=O) groups is 2. The summed E-state index contributed by atoms with van der Waals surface area (Å²) in [5.74, 6) is 0.646. The number of nitrogens with zero attached hydrogens (tertiary/aromatic N) is 1. The van der Waals surface area contributed by atoms with E-state index in [1.807, 2.05) is 26.0 Å². The molecule has 1 fully saturated rings. The van der Waals surface area contributed by atoms with E-state index in [0.717, 1.165) is 5.56 Å². The molecule has 3 rings (SSSR count). The molecular formula is C25H30Cl2N2O5. The summed E-state index contributed by atoms with van der Waals surface area (Å²) >= 11 is 12.3. The van der Waals surface area contributed by atoms with Gasteiger partial charge >= 0.3 is 0 Å². The summed E-state index contributed by atoms with van der Waals surface area (Å²) in [5, 5.41) is 3.74. The van der Waals surface area contributed by atoms with Crippen LogP contribution >= 0.6 is 23.2 Å². The molecule has 1 aliphatic rings. The highest BCUT2D eigenvalue weighted by atomic mass is 35.5. The molecule has 1 aliphatic heterocycles. The molecule has 2 aromatic carbocycles. The lowest BCUT2D eigenvalue weighted by atomic mass is 9.87. The lowest BCUT2D eigenvalue weighted by molar-refractivity contribution is -0.125. The Bertz CT molecular complexity index is 1030. The molecule has 34 heavy (non-hydrogen) atoms. The van der Waals surface area contributed by atoms with Gasteiger partial charge in [-0.3, -0.25) is 9.59 Å². The van der Waals surface area contributed by atoms with Crippen LogP contribution in [0.25, 0.3) is 0 Å². The fraction of sp³-hybridized carbons (Fsp3) is 0.440. The quantitative estimate of drug-likeness (QED) is 0.561. The SMILES string of the molecule is COc1cc([C@@H]2CN(C(=O)c3ccc(Cl)cc3Cl)C[C@H]2C(=O)NCC(C)C)cc(OC)c1OC. The highest BCUT2D eigenvalue weighted by molar-refractivity contribution is 6.36. The summed E-state index contributed by atoms with van der Waals surface area (Å²) in [6.07, 6.45) is 0. The largest absolute Gasteiger partial charge is 0.493 e. The fourth-order valence-electron chi connectivity index (χ4n) is 4.16. The minimum absolute atomic E-state index is 0.107. The van der Waals surface area contributed by atoms with Crippen LogP contribution in [0.4, 0.5) is 0 Å². The highest BCUT2D eigenvalue weighted by Crippen LogP contribution is 2.43. The smallest absolute Gasteiger partial charge is 0.255 e. The van der Waals surface area contributed by atoms with Crippen molar-refractivity contribution in [2.45, 2.75) is 19.8 Å². The van der Waals surface area contributed by atoms with Gasteiger partial charge in [0.25, 0.3) is 5.91 Å². The Hall–Kier alpha value is -2.64. The minimum Gasteiger partial charge on any atom is -0.493 e. The second-order valence-corrected chi connectivity index (χ2v) is 9.49. The van der Waals surface area contributed by atoms with E-state index in [0.29, 0.717) is 46.8 Å². The first-order valence-electron chi connectivity index (χ1n) is 11.0. The summed E-state index contributed by atoms with van der Waals surface area (Å²) in [6.45, 7) is 5.20. The standard InChI is InChI=1S/C25H30Cl2N2O5/c1-14(2)11-28-24(30)19-13-29(25(31)17-7-6-16(26)10-20(17)27)12-18(19)15-8-21(32-3)23(34-5)22(9-15)33-4/h6-10,14,18-19H,11-13H2,1-5H3,(H,28,30)/t18-,19+/m0/s1. The molecule has 0 aromatic heterocycles. The second-order valence-electron chi connectivity index (χ2n) is 8.64. The molecule has 7 nitrogen and oxygen atoms in total. The zero-order valence-electron chi connectivity index (χ0n) is 20.0. The number of carbonyl (C=O) groups excluding carboxylic acids is 2. The van der Waals surface area contributed by atoms with Crippen LogP contribution < -0.4 is 19.5 Å². The van der Waals surface area contributed by atoms with Crippen molar-refractivity contribution in [3.63, 3.8) is 0 Å². The third-order valence-electron chi connectivity index (χ3n) is 5.91. The highest BCUT2D eigenvalue weighted by Gasteiger charge is 2.41. The first-order valence-corrected chi connectivity index (χ1v) is 11.8. The molecule has 1 heterocycles. The summed E-state index contributed by atoms with van der Waals surface area (Å²) in [4.78, 5) is 28.2. The number of likely N-dealkylation sites (tertiary alicyclic amines) is 1. The summed E-state index contributed by atoms with van der Waals surface area (Å²) < 4.78 is 16.5. The van der Waals surface area contributed by atoms with Crippen molar-refractivity contribution in [3.05, 3.63) is 51.5 Å². The topological polar surface area (TPSA) is 77.1 Å². The lowest BCUT2D eigenvalue weighted by Gasteiger charge is -2.21. The van der Waals surface area contributed by atoms with Gasteiger partial charge in [0, 0.05) is 30.6 Å². The van der Waals surface area contributed by atoms with Crippen molar-refractivity contribution >= 4 is 35.0 Å². The van der Waals surface area contributed by atoms with E-state index in [2.05, 4.69) is 5.32 Å². The predicted molar refractivity (Wildman–Crippen MR) is 133 cm³/mol. The molecule has 1 saturated heterocycles. The van der Waals surface area contributed by atoms with Gasteiger partial charge in [-0.2, -0.15) is 0 Å². The molecule has 184 valence electrons. The van der Waals surface area contributed by atoms with Gasteiger partial charge in [0.1, 0.15) is 0 Å². The molecule has 0 spiro atoms. The average molecular weight is 509 g/mol. The Kier molecular flexibility index (Phi) is 8.55. The van der Waals surface area contributed by atoms with Crippen LogP contribution in [0.15, 0.2) is 30.3 Å².